The average molecular weight is 251 g/mol. The quantitative estimate of drug-likeness (QED) is 0.891. The summed E-state index contributed by atoms with van der Waals surface area (Å²) in [7, 11) is 4.25. The summed E-state index contributed by atoms with van der Waals surface area (Å²) < 4.78 is 0. The monoisotopic (exact) mass is 251 g/mol. The van der Waals surface area contributed by atoms with Crippen LogP contribution in [0.4, 0.5) is 5.13 Å². The summed E-state index contributed by atoms with van der Waals surface area (Å²) in [5.41, 5.74) is 1.35. The van der Waals surface area contributed by atoms with Crippen molar-refractivity contribution < 1.29 is 0 Å². The number of aryl methyl sites for hydroxylation is 1. The van der Waals surface area contributed by atoms with Crippen LogP contribution in [0.5, 0.6) is 0 Å². The van der Waals surface area contributed by atoms with Gasteiger partial charge in [0, 0.05) is 24.5 Å². The van der Waals surface area contributed by atoms with Crippen LogP contribution in [0.3, 0.4) is 0 Å². The second kappa shape index (κ2) is 4.58. The highest BCUT2D eigenvalue weighted by Crippen LogP contribution is 2.38. The maximum atomic E-state index is 4.83. The van der Waals surface area contributed by atoms with Crippen molar-refractivity contribution in [3.63, 3.8) is 0 Å². The van der Waals surface area contributed by atoms with Crippen molar-refractivity contribution in [3.05, 3.63) is 10.6 Å². The third-order valence-electron chi connectivity index (χ3n) is 3.84. The van der Waals surface area contributed by atoms with Crippen molar-refractivity contribution in [3.8, 4) is 0 Å². The van der Waals surface area contributed by atoms with Gasteiger partial charge in [-0.05, 0) is 45.1 Å². The van der Waals surface area contributed by atoms with E-state index >= 15 is 0 Å². The maximum absolute atomic E-state index is 4.83. The molecule has 3 nitrogen and oxygen atoms in total. The molecule has 1 fully saturated rings. The molecule has 1 heterocycles. The number of hydrogen-bond donors (Lipinski definition) is 1. The van der Waals surface area contributed by atoms with Gasteiger partial charge < -0.3 is 10.2 Å². The van der Waals surface area contributed by atoms with E-state index in [1.54, 1.807) is 0 Å². The average Bonchev–Trinajstić information content (AvgIpc) is 3.04. The molecule has 2 aliphatic carbocycles. The van der Waals surface area contributed by atoms with Crippen LogP contribution in [-0.2, 0) is 6.42 Å². The molecule has 0 spiro atoms. The lowest BCUT2D eigenvalue weighted by Crippen LogP contribution is -2.20. The zero-order chi connectivity index (χ0) is 11.8. The minimum absolute atomic E-state index is 0.541. The smallest absolute Gasteiger partial charge is 0.185 e. The molecule has 0 aromatic carbocycles. The Hall–Kier alpha value is -0.610. The van der Waals surface area contributed by atoms with E-state index in [2.05, 4.69) is 24.3 Å². The molecule has 0 radical (unpaired) electrons. The summed E-state index contributed by atoms with van der Waals surface area (Å²) in [4.78, 5) is 8.67. The molecule has 3 rings (SSSR count). The van der Waals surface area contributed by atoms with Crippen molar-refractivity contribution in [2.45, 2.75) is 38.1 Å². The molecule has 2 aliphatic rings. The molecular weight excluding hydrogens is 230 g/mol. The molecule has 17 heavy (non-hydrogen) atoms. The third-order valence-corrected chi connectivity index (χ3v) is 5.17. The van der Waals surface area contributed by atoms with E-state index < -0.39 is 0 Å². The normalized spacial score (nSPS) is 23.5. The molecule has 1 N–H and O–H groups in total. The van der Waals surface area contributed by atoms with Crippen LogP contribution in [0.15, 0.2) is 0 Å². The third kappa shape index (κ3) is 2.33. The van der Waals surface area contributed by atoms with Crippen LogP contribution >= 0.6 is 11.3 Å². The van der Waals surface area contributed by atoms with Gasteiger partial charge in [0.15, 0.2) is 5.13 Å². The fraction of sp³-hybridized carbons (Fsp3) is 0.769. The predicted octanol–water partition coefficient (Wildman–Crippen LogP) is 2.59. The topological polar surface area (TPSA) is 28.2 Å². The molecule has 1 atom stereocenters. The molecule has 0 amide bonds. The number of anilines is 1. The minimum atomic E-state index is 0.541. The van der Waals surface area contributed by atoms with E-state index in [0.717, 1.165) is 5.92 Å². The number of nitrogens with zero attached hydrogens (tertiary/aromatic N) is 2. The molecular formula is C13H21N3S. The molecule has 4 heteroatoms. The second-order valence-corrected chi connectivity index (χ2v) is 6.37. The van der Waals surface area contributed by atoms with Crippen molar-refractivity contribution in [2.24, 2.45) is 5.92 Å². The van der Waals surface area contributed by atoms with Gasteiger partial charge in [0.25, 0.3) is 0 Å². The van der Waals surface area contributed by atoms with Crippen molar-refractivity contribution in [1.29, 1.82) is 0 Å². The van der Waals surface area contributed by atoms with Crippen molar-refractivity contribution in [1.82, 2.24) is 10.3 Å². The number of nitrogens with one attached hydrogen (secondary N) is 1. The van der Waals surface area contributed by atoms with Crippen LogP contribution in [0.2, 0.25) is 0 Å². The van der Waals surface area contributed by atoms with E-state index in [0.29, 0.717) is 6.04 Å². The molecule has 0 saturated heterocycles. The lowest BCUT2D eigenvalue weighted by Gasteiger charge is -2.19. The first-order valence-corrected chi connectivity index (χ1v) is 7.47. The fourth-order valence-corrected chi connectivity index (χ4v) is 3.84. The minimum Gasteiger partial charge on any atom is -0.351 e. The van der Waals surface area contributed by atoms with E-state index in [1.807, 2.05) is 11.3 Å². The summed E-state index contributed by atoms with van der Waals surface area (Å²) >= 11 is 1.90. The lowest BCUT2D eigenvalue weighted by atomic mass is 9.98. The van der Waals surface area contributed by atoms with Crippen LogP contribution in [-0.4, -0.2) is 25.6 Å². The Kier molecular flexibility index (Phi) is 3.09. The van der Waals surface area contributed by atoms with Gasteiger partial charge in [0.2, 0.25) is 0 Å². The number of thiazole rings is 1. The Bertz CT molecular complexity index is 397. The van der Waals surface area contributed by atoms with E-state index in [4.69, 9.17) is 4.98 Å². The van der Waals surface area contributed by atoms with E-state index in [9.17, 15) is 0 Å². The first-order chi connectivity index (χ1) is 8.28. The highest BCUT2D eigenvalue weighted by molar-refractivity contribution is 7.15. The summed E-state index contributed by atoms with van der Waals surface area (Å²) in [6, 6.07) is 0.541. The summed E-state index contributed by atoms with van der Waals surface area (Å²) in [5, 5.41) is 4.64. The van der Waals surface area contributed by atoms with Gasteiger partial charge in [-0.15, -0.1) is 0 Å². The highest BCUT2D eigenvalue weighted by Gasteiger charge is 2.27. The van der Waals surface area contributed by atoms with E-state index in [-0.39, 0.29) is 0 Å². The first-order valence-electron chi connectivity index (χ1n) is 6.66. The van der Waals surface area contributed by atoms with Crippen molar-refractivity contribution in [2.75, 3.05) is 25.5 Å². The van der Waals surface area contributed by atoms with Crippen LogP contribution in [0.1, 0.15) is 42.3 Å². The Morgan fingerprint density at radius 2 is 2.24 bits per heavy atom. The van der Waals surface area contributed by atoms with Gasteiger partial charge >= 0.3 is 0 Å². The maximum Gasteiger partial charge on any atom is 0.185 e. The fourth-order valence-electron chi connectivity index (χ4n) is 2.61. The summed E-state index contributed by atoms with van der Waals surface area (Å²) in [6.07, 6.45) is 6.52. The first kappa shape index (κ1) is 11.5. The van der Waals surface area contributed by atoms with Gasteiger partial charge in [0.1, 0.15) is 0 Å². The predicted molar refractivity (Wildman–Crippen MR) is 72.8 cm³/mol. The molecule has 1 aromatic heterocycles. The van der Waals surface area contributed by atoms with Crippen LogP contribution in [0, 0.1) is 5.92 Å². The zero-order valence-corrected chi connectivity index (χ0v) is 11.5. The summed E-state index contributed by atoms with van der Waals surface area (Å²) in [6.45, 7) is 1.19. The zero-order valence-electron chi connectivity index (χ0n) is 10.7. The standard InChI is InChI=1S/C13H21N3S/c1-14-10-4-3-5-11-12(10)17-13(15-11)16(2)8-9-6-7-9/h9-10,14H,3-8H2,1-2H3. The van der Waals surface area contributed by atoms with E-state index in [1.165, 1.54) is 54.4 Å². The van der Waals surface area contributed by atoms with Gasteiger partial charge in [-0.1, -0.05) is 11.3 Å². The molecule has 1 unspecified atom stereocenters. The van der Waals surface area contributed by atoms with Crippen molar-refractivity contribution >= 4 is 16.5 Å². The molecule has 1 saturated carbocycles. The largest absolute Gasteiger partial charge is 0.351 e. The van der Waals surface area contributed by atoms with Gasteiger partial charge in [-0.2, -0.15) is 0 Å². The highest BCUT2D eigenvalue weighted by atomic mass is 32.1. The van der Waals surface area contributed by atoms with Gasteiger partial charge in [0.05, 0.1) is 5.69 Å². The van der Waals surface area contributed by atoms with Gasteiger partial charge in [-0.25, -0.2) is 4.98 Å². The number of rotatable bonds is 4. The molecule has 94 valence electrons. The summed E-state index contributed by atoms with van der Waals surface area (Å²) in [5.74, 6) is 0.932. The Morgan fingerprint density at radius 1 is 1.41 bits per heavy atom. The molecule has 1 aromatic rings. The Morgan fingerprint density at radius 3 is 2.94 bits per heavy atom. The Balaban J connectivity index is 1.79. The number of hydrogen-bond acceptors (Lipinski definition) is 4. The van der Waals surface area contributed by atoms with Crippen LogP contribution < -0.4 is 10.2 Å². The molecule has 0 aliphatic heterocycles. The SMILES string of the molecule is CNC1CCCc2nc(N(C)CC3CC3)sc21. The second-order valence-electron chi connectivity index (χ2n) is 5.36. The lowest BCUT2D eigenvalue weighted by molar-refractivity contribution is 0.501. The number of fused-ring (bicyclic) bond motifs is 1. The Labute approximate surface area is 107 Å². The number of aromatic nitrogens is 1. The van der Waals surface area contributed by atoms with Gasteiger partial charge in [-0.3, -0.25) is 0 Å². The molecule has 0 bridgehead atoms. The van der Waals surface area contributed by atoms with Crippen LogP contribution in [0.25, 0.3) is 0 Å².